The van der Waals surface area contributed by atoms with Gasteiger partial charge in [0.05, 0.1) is 0 Å². The van der Waals surface area contributed by atoms with Gasteiger partial charge in [0.2, 0.25) is 0 Å². The number of piperidine rings is 1. The summed E-state index contributed by atoms with van der Waals surface area (Å²) in [4.78, 5) is 19.0. The molecule has 22 heavy (non-hydrogen) atoms. The molecule has 2 aliphatic heterocycles. The molecule has 4 heterocycles. The van der Waals surface area contributed by atoms with Crippen LogP contribution < -0.4 is 5.32 Å². The Balaban J connectivity index is 1.51. The minimum Gasteiger partial charge on any atom is -0.348 e. The Kier molecular flexibility index (Phi) is 3.09. The molecular formula is C16H17N5O. The lowest BCUT2D eigenvalue weighted by Gasteiger charge is -2.30. The van der Waals surface area contributed by atoms with Crippen LogP contribution >= 0.6 is 0 Å². The Morgan fingerprint density at radius 3 is 3.18 bits per heavy atom. The van der Waals surface area contributed by atoms with E-state index in [0.29, 0.717) is 16.9 Å². The van der Waals surface area contributed by atoms with E-state index in [2.05, 4.69) is 15.2 Å². The number of imidazole rings is 1. The molecule has 2 aromatic heterocycles. The molecule has 4 rings (SSSR count). The van der Waals surface area contributed by atoms with Crippen LogP contribution in [0, 0.1) is 17.2 Å². The predicted molar refractivity (Wildman–Crippen MR) is 80.3 cm³/mol. The van der Waals surface area contributed by atoms with Gasteiger partial charge in [-0.05, 0) is 37.4 Å². The third-order valence-corrected chi connectivity index (χ3v) is 4.64. The first kappa shape index (κ1) is 13.3. The normalized spacial score (nSPS) is 26.8. The standard InChI is InChI=1S/C16H17N5O/c17-7-14-10-21-4-2-12(6-15(21)18-14)16(22)19-13-5-11-1-3-20(8-11)9-13/h2,4,6,10-11,13H,1,3,5,8-9H2,(H,19,22)/t11-,13-/m1/s1. The van der Waals surface area contributed by atoms with E-state index in [1.165, 1.54) is 13.0 Å². The van der Waals surface area contributed by atoms with E-state index in [-0.39, 0.29) is 11.9 Å². The van der Waals surface area contributed by atoms with Crippen LogP contribution in [0.5, 0.6) is 0 Å². The number of hydrogen-bond acceptors (Lipinski definition) is 4. The van der Waals surface area contributed by atoms with Crippen molar-refractivity contribution in [2.45, 2.75) is 18.9 Å². The average molecular weight is 295 g/mol. The van der Waals surface area contributed by atoms with Gasteiger partial charge in [0.25, 0.3) is 5.91 Å². The fourth-order valence-corrected chi connectivity index (χ4v) is 3.61. The first-order valence-corrected chi connectivity index (χ1v) is 7.63. The summed E-state index contributed by atoms with van der Waals surface area (Å²) in [5.41, 5.74) is 1.57. The lowest BCUT2D eigenvalue weighted by Crippen LogP contribution is -2.47. The van der Waals surface area contributed by atoms with Crippen molar-refractivity contribution in [1.29, 1.82) is 5.26 Å². The largest absolute Gasteiger partial charge is 0.348 e. The number of nitrogens with one attached hydrogen (secondary N) is 1. The second-order valence-electron chi connectivity index (χ2n) is 6.24. The highest BCUT2D eigenvalue weighted by molar-refractivity contribution is 5.95. The van der Waals surface area contributed by atoms with Gasteiger partial charge in [-0.3, -0.25) is 4.79 Å². The number of hydrogen-bond donors (Lipinski definition) is 1. The van der Waals surface area contributed by atoms with E-state index in [1.54, 1.807) is 28.9 Å². The molecule has 0 aliphatic carbocycles. The Morgan fingerprint density at radius 1 is 1.45 bits per heavy atom. The molecule has 6 heteroatoms. The van der Waals surface area contributed by atoms with Gasteiger partial charge in [0.15, 0.2) is 5.69 Å². The van der Waals surface area contributed by atoms with Gasteiger partial charge in [0, 0.05) is 37.1 Å². The molecule has 1 unspecified atom stereocenters. The molecule has 2 bridgehead atoms. The monoisotopic (exact) mass is 295 g/mol. The van der Waals surface area contributed by atoms with Crippen molar-refractivity contribution >= 4 is 11.6 Å². The molecule has 1 amide bonds. The van der Waals surface area contributed by atoms with Gasteiger partial charge >= 0.3 is 0 Å². The first-order valence-electron chi connectivity index (χ1n) is 7.63. The number of aromatic nitrogens is 2. The number of amides is 1. The molecule has 2 saturated heterocycles. The summed E-state index contributed by atoms with van der Waals surface area (Å²) < 4.78 is 1.75. The topological polar surface area (TPSA) is 73.4 Å². The lowest BCUT2D eigenvalue weighted by atomic mass is 9.96. The zero-order valence-electron chi connectivity index (χ0n) is 12.2. The van der Waals surface area contributed by atoms with Gasteiger partial charge in [-0.2, -0.15) is 5.26 Å². The van der Waals surface area contributed by atoms with Gasteiger partial charge in [-0.25, -0.2) is 4.98 Å². The summed E-state index contributed by atoms with van der Waals surface area (Å²) in [6.07, 6.45) is 5.76. The number of carbonyl (C=O) groups excluding carboxylic acids is 1. The summed E-state index contributed by atoms with van der Waals surface area (Å²) in [6.45, 7) is 3.30. The van der Waals surface area contributed by atoms with Crippen LogP contribution in [0.2, 0.25) is 0 Å². The maximum Gasteiger partial charge on any atom is 0.251 e. The molecule has 112 valence electrons. The van der Waals surface area contributed by atoms with Crippen molar-refractivity contribution in [2.24, 2.45) is 5.92 Å². The summed E-state index contributed by atoms with van der Waals surface area (Å²) in [5, 5.41) is 12.0. The maximum atomic E-state index is 12.4. The SMILES string of the molecule is N#Cc1cn2ccc(C(=O)N[C@@H]3C[C@H]4CCN(C4)C3)cc2n1. The van der Waals surface area contributed by atoms with E-state index in [1.807, 2.05) is 6.07 Å². The molecule has 0 aromatic carbocycles. The molecule has 2 aliphatic rings. The Labute approximate surface area is 128 Å². The maximum absolute atomic E-state index is 12.4. The van der Waals surface area contributed by atoms with Crippen LogP contribution in [-0.4, -0.2) is 45.9 Å². The predicted octanol–water partition coefficient (Wildman–Crippen LogP) is 1.03. The zero-order valence-corrected chi connectivity index (χ0v) is 12.2. The van der Waals surface area contributed by atoms with Crippen molar-refractivity contribution in [3.8, 4) is 6.07 Å². The van der Waals surface area contributed by atoms with E-state index in [4.69, 9.17) is 5.26 Å². The van der Waals surface area contributed by atoms with Gasteiger partial charge in [-0.15, -0.1) is 0 Å². The number of nitriles is 1. The van der Waals surface area contributed by atoms with Crippen LogP contribution in [0.4, 0.5) is 0 Å². The lowest BCUT2D eigenvalue weighted by molar-refractivity contribution is 0.0909. The molecule has 0 radical (unpaired) electrons. The molecule has 2 fully saturated rings. The minimum absolute atomic E-state index is 0.0588. The quantitative estimate of drug-likeness (QED) is 0.898. The van der Waals surface area contributed by atoms with Crippen LogP contribution in [-0.2, 0) is 0 Å². The molecule has 3 atom stereocenters. The summed E-state index contributed by atoms with van der Waals surface area (Å²) >= 11 is 0. The van der Waals surface area contributed by atoms with Crippen LogP contribution in [0.15, 0.2) is 24.5 Å². The highest BCUT2D eigenvalue weighted by Gasteiger charge is 2.32. The average Bonchev–Trinajstić information content (AvgIpc) is 3.09. The third-order valence-electron chi connectivity index (χ3n) is 4.64. The Hall–Kier alpha value is -2.39. The van der Waals surface area contributed by atoms with E-state index in [9.17, 15) is 4.79 Å². The molecular weight excluding hydrogens is 278 g/mol. The van der Waals surface area contributed by atoms with Gasteiger partial charge in [0.1, 0.15) is 11.7 Å². The fourth-order valence-electron chi connectivity index (χ4n) is 3.61. The minimum atomic E-state index is -0.0588. The van der Waals surface area contributed by atoms with E-state index >= 15 is 0 Å². The van der Waals surface area contributed by atoms with E-state index < -0.39 is 0 Å². The third kappa shape index (κ3) is 2.34. The van der Waals surface area contributed by atoms with Crippen molar-refractivity contribution < 1.29 is 4.79 Å². The zero-order chi connectivity index (χ0) is 15.1. The van der Waals surface area contributed by atoms with Gasteiger partial charge < -0.3 is 14.6 Å². The second kappa shape index (κ2) is 5.11. The van der Waals surface area contributed by atoms with Crippen LogP contribution in [0.1, 0.15) is 28.9 Å². The van der Waals surface area contributed by atoms with Crippen molar-refractivity contribution in [3.05, 3.63) is 35.8 Å². The number of nitrogens with zero attached hydrogens (tertiary/aromatic N) is 4. The summed E-state index contributed by atoms with van der Waals surface area (Å²) in [6, 6.07) is 5.74. The van der Waals surface area contributed by atoms with E-state index in [0.717, 1.165) is 25.4 Å². The molecule has 2 aromatic rings. The second-order valence-corrected chi connectivity index (χ2v) is 6.24. The number of carbonyl (C=O) groups is 1. The van der Waals surface area contributed by atoms with Crippen molar-refractivity contribution in [1.82, 2.24) is 19.6 Å². The molecule has 0 spiro atoms. The first-order chi connectivity index (χ1) is 10.7. The molecule has 1 N–H and O–H groups in total. The van der Waals surface area contributed by atoms with Gasteiger partial charge in [-0.1, -0.05) is 0 Å². The molecule has 0 saturated carbocycles. The van der Waals surface area contributed by atoms with Crippen LogP contribution in [0.3, 0.4) is 0 Å². The van der Waals surface area contributed by atoms with Crippen LogP contribution in [0.25, 0.3) is 5.65 Å². The number of rotatable bonds is 2. The summed E-state index contributed by atoms with van der Waals surface area (Å²) in [5.74, 6) is 0.670. The number of fused-ring (bicyclic) bond motifs is 3. The Bertz CT molecular complexity index is 762. The number of pyridine rings is 1. The van der Waals surface area contributed by atoms with Crippen molar-refractivity contribution in [2.75, 3.05) is 19.6 Å². The molecule has 6 nitrogen and oxygen atoms in total. The highest BCUT2D eigenvalue weighted by atomic mass is 16.1. The van der Waals surface area contributed by atoms with Crippen molar-refractivity contribution in [3.63, 3.8) is 0 Å². The summed E-state index contributed by atoms with van der Waals surface area (Å²) in [7, 11) is 0. The Morgan fingerprint density at radius 2 is 2.36 bits per heavy atom. The smallest absolute Gasteiger partial charge is 0.251 e. The fraction of sp³-hybridized carbons (Fsp3) is 0.438. The highest BCUT2D eigenvalue weighted by Crippen LogP contribution is 2.26.